The molecule has 4 N–H and O–H groups in total. The minimum absolute atomic E-state index is 0.00374. The van der Waals surface area contributed by atoms with E-state index in [0.717, 1.165) is 11.1 Å². The Hall–Kier alpha value is -2.97. The maximum atomic E-state index is 12.5. The van der Waals surface area contributed by atoms with E-state index in [9.17, 15) is 18.0 Å². The number of nitrogens with one attached hydrogen (secondary N) is 2. The minimum atomic E-state index is -3.76. The van der Waals surface area contributed by atoms with Gasteiger partial charge in [0.15, 0.2) is 0 Å². The van der Waals surface area contributed by atoms with E-state index < -0.39 is 15.9 Å². The van der Waals surface area contributed by atoms with E-state index in [-0.39, 0.29) is 23.0 Å². The highest BCUT2D eigenvalue weighted by Crippen LogP contribution is 2.12. The average Bonchev–Trinajstić information content (AvgIpc) is 2.60. The van der Waals surface area contributed by atoms with Crippen molar-refractivity contribution in [3.05, 3.63) is 70.9 Å². The number of nitrogens with two attached hydrogens (primary N) is 1. The number of aryl methyl sites for hydroxylation is 1. The fraction of sp³-hybridized carbons (Fsp3) is 0.158. The molecule has 2 rings (SSSR count). The van der Waals surface area contributed by atoms with Crippen molar-refractivity contribution in [2.75, 3.05) is 0 Å². The molecule has 0 aromatic heterocycles. The third kappa shape index (κ3) is 6.05. The smallest absolute Gasteiger partial charge is 0.268 e. The number of sulfonamides is 1. The Balaban J connectivity index is 2.14. The highest BCUT2D eigenvalue weighted by atomic mass is 32.2. The summed E-state index contributed by atoms with van der Waals surface area (Å²) in [6, 6.07) is 13.3. The second kappa shape index (κ2) is 8.61. The van der Waals surface area contributed by atoms with Gasteiger partial charge in [-0.3, -0.25) is 9.59 Å². The van der Waals surface area contributed by atoms with E-state index in [2.05, 4.69) is 10.6 Å². The summed E-state index contributed by atoms with van der Waals surface area (Å²) in [5.74, 6) is -0.813. The largest absolute Gasteiger partial charge is 0.347 e. The van der Waals surface area contributed by atoms with E-state index in [1.54, 1.807) is 18.2 Å². The van der Waals surface area contributed by atoms with Gasteiger partial charge in [0.05, 0.1) is 4.90 Å². The van der Waals surface area contributed by atoms with Crippen LogP contribution in [-0.4, -0.2) is 20.2 Å². The Morgan fingerprint density at radius 2 is 1.70 bits per heavy atom. The molecule has 0 fully saturated rings. The third-order valence-electron chi connectivity index (χ3n) is 3.75. The van der Waals surface area contributed by atoms with E-state index in [0.29, 0.717) is 5.56 Å². The lowest BCUT2D eigenvalue weighted by Gasteiger charge is -2.11. The first-order chi connectivity index (χ1) is 12.7. The van der Waals surface area contributed by atoms with Crippen molar-refractivity contribution in [2.24, 2.45) is 5.14 Å². The number of rotatable bonds is 6. The lowest BCUT2D eigenvalue weighted by molar-refractivity contribution is -0.122. The Morgan fingerprint density at radius 3 is 2.26 bits per heavy atom. The van der Waals surface area contributed by atoms with Crippen LogP contribution in [0.4, 0.5) is 0 Å². The first kappa shape index (κ1) is 20.3. The van der Waals surface area contributed by atoms with Gasteiger partial charge < -0.3 is 10.6 Å². The molecule has 0 heterocycles. The lowest BCUT2D eigenvalue weighted by Crippen LogP contribution is -2.33. The summed E-state index contributed by atoms with van der Waals surface area (Å²) < 4.78 is 22.5. The first-order valence-corrected chi connectivity index (χ1v) is 9.66. The van der Waals surface area contributed by atoms with Crippen LogP contribution in [0.3, 0.4) is 0 Å². The number of benzene rings is 2. The summed E-state index contributed by atoms with van der Waals surface area (Å²) in [5.41, 5.74) is 2.59. The maximum Gasteiger partial charge on any atom is 0.268 e. The summed E-state index contributed by atoms with van der Waals surface area (Å²) in [5, 5.41) is 10.3. The van der Waals surface area contributed by atoms with Gasteiger partial charge in [0, 0.05) is 13.5 Å². The second-order valence-corrected chi connectivity index (χ2v) is 7.53. The van der Waals surface area contributed by atoms with E-state index in [1.165, 1.54) is 19.1 Å². The van der Waals surface area contributed by atoms with Crippen LogP contribution in [0.1, 0.15) is 23.6 Å². The van der Waals surface area contributed by atoms with Crippen molar-refractivity contribution in [3.63, 3.8) is 0 Å². The topological polar surface area (TPSA) is 118 Å². The molecule has 0 bridgehead atoms. The van der Waals surface area contributed by atoms with Gasteiger partial charge in [-0.1, -0.05) is 36.4 Å². The first-order valence-electron chi connectivity index (χ1n) is 8.11. The molecule has 0 aliphatic carbocycles. The van der Waals surface area contributed by atoms with E-state index >= 15 is 0 Å². The Labute approximate surface area is 158 Å². The number of primary sulfonamides is 1. The van der Waals surface area contributed by atoms with Crippen molar-refractivity contribution in [3.8, 4) is 0 Å². The molecule has 0 spiro atoms. The predicted octanol–water partition coefficient (Wildman–Crippen LogP) is 1.44. The molecule has 0 saturated heterocycles. The van der Waals surface area contributed by atoms with Crippen molar-refractivity contribution in [2.45, 2.75) is 25.3 Å². The monoisotopic (exact) mass is 387 g/mol. The molecule has 8 heteroatoms. The van der Waals surface area contributed by atoms with E-state index in [1.807, 2.05) is 31.2 Å². The summed E-state index contributed by atoms with van der Waals surface area (Å²) in [6.45, 7) is 3.39. The number of carbonyl (C=O) groups is 2. The molecule has 2 aromatic carbocycles. The van der Waals surface area contributed by atoms with Crippen LogP contribution in [0.15, 0.2) is 59.1 Å². The molecule has 0 atom stereocenters. The summed E-state index contributed by atoms with van der Waals surface area (Å²) in [6.07, 6.45) is 1.61. The fourth-order valence-corrected chi connectivity index (χ4v) is 2.84. The van der Waals surface area contributed by atoms with Crippen LogP contribution in [0.2, 0.25) is 0 Å². The molecule has 0 radical (unpaired) electrons. The van der Waals surface area contributed by atoms with Gasteiger partial charge in [0.25, 0.3) is 5.91 Å². The van der Waals surface area contributed by atoms with Gasteiger partial charge in [0.1, 0.15) is 5.70 Å². The van der Waals surface area contributed by atoms with Gasteiger partial charge in [-0.05, 0) is 41.8 Å². The van der Waals surface area contributed by atoms with Gasteiger partial charge in [-0.2, -0.15) is 0 Å². The molecule has 2 amide bonds. The van der Waals surface area contributed by atoms with Crippen molar-refractivity contribution in [1.29, 1.82) is 0 Å². The van der Waals surface area contributed by atoms with Crippen molar-refractivity contribution < 1.29 is 18.0 Å². The SMILES string of the molecule is CC(=O)N/C(=C\c1ccccc1C)C(=O)NCc1ccc(S(N)(=O)=O)cc1. The fourth-order valence-electron chi connectivity index (χ4n) is 2.33. The summed E-state index contributed by atoms with van der Waals surface area (Å²) in [7, 11) is -3.76. The molecule has 2 aromatic rings. The van der Waals surface area contributed by atoms with Crippen LogP contribution in [0, 0.1) is 6.92 Å². The van der Waals surface area contributed by atoms with Gasteiger partial charge in [-0.25, -0.2) is 13.6 Å². The average molecular weight is 387 g/mol. The summed E-state index contributed by atoms with van der Waals surface area (Å²) in [4.78, 5) is 23.9. The molecule has 0 aliphatic rings. The Bertz CT molecular complexity index is 980. The number of amides is 2. The lowest BCUT2D eigenvalue weighted by atomic mass is 10.1. The Morgan fingerprint density at radius 1 is 1.07 bits per heavy atom. The molecular weight excluding hydrogens is 366 g/mol. The van der Waals surface area contributed by atoms with E-state index in [4.69, 9.17) is 5.14 Å². The zero-order valence-electron chi connectivity index (χ0n) is 15.0. The minimum Gasteiger partial charge on any atom is -0.347 e. The zero-order chi connectivity index (χ0) is 20.0. The number of hydrogen-bond donors (Lipinski definition) is 3. The third-order valence-corrected chi connectivity index (χ3v) is 4.68. The van der Waals surface area contributed by atoms with Gasteiger partial charge >= 0.3 is 0 Å². The van der Waals surface area contributed by atoms with Gasteiger partial charge in [0.2, 0.25) is 15.9 Å². The molecule has 7 nitrogen and oxygen atoms in total. The maximum absolute atomic E-state index is 12.5. The molecule has 0 aliphatic heterocycles. The van der Waals surface area contributed by atoms with Crippen LogP contribution >= 0.6 is 0 Å². The standard InChI is InChI=1S/C19H21N3O4S/c1-13-5-3-4-6-16(13)11-18(22-14(2)23)19(24)21-12-15-7-9-17(10-8-15)27(20,25)26/h3-11H,12H2,1-2H3,(H,21,24)(H,22,23)(H2,20,25,26)/b18-11-. The van der Waals surface area contributed by atoms with Crippen molar-refractivity contribution in [1.82, 2.24) is 10.6 Å². The van der Waals surface area contributed by atoms with Crippen LogP contribution in [0.5, 0.6) is 0 Å². The molecule has 0 unspecified atom stereocenters. The van der Waals surface area contributed by atoms with Crippen LogP contribution < -0.4 is 15.8 Å². The molecular formula is C19H21N3O4S. The predicted molar refractivity (Wildman–Crippen MR) is 103 cm³/mol. The molecule has 27 heavy (non-hydrogen) atoms. The zero-order valence-corrected chi connectivity index (χ0v) is 15.8. The highest BCUT2D eigenvalue weighted by molar-refractivity contribution is 7.89. The second-order valence-electron chi connectivity index (χ2n) is 5.97. The van der Waals surface area contributed by atoms with Crippen LogP contribution in [-0.2, 0) is 26.2 Å². The highest BCUT2D eigenvalue weighted by Gasteiger charge is 2.12. The summed E-state index contributed by atoms with van der Waals surface area (Å²) >= 11 is 0. The Kier molecular flexibility index (Phi) is 6.49. The number of hydrogen-bond acceptors (Lipinski definition) is 4. The van der Waals surface area contributed by atoms with Crippen molar-refractivity contribution >= 4 is 27.9 Å². The van der Waals surface area contributed by atoms with Crippen LogP contribution in [0.25, 0.3) is 6.08 Å². The number of carbonyl (C=O) groups excluding carboxylic acids is 2. The van der Waals surface area contributed by atoms with Gasteiger partial charge in [-0.15, -0.1) is 0 Å². The molecule has 0 saturated carbocycles. The molecule has 142 valence electrons. The quantitative estimate of drug-likeness (QED) is 0.650. The normalized spacial score (nSPS) is 11.7.